The highest BCUT2D eigenvalue weighted by atomic mass is 35.5. The Morgan fingerprint density at radius 2 is 1.89 bits per heavy atom. The van der Waals surface area contributed by atoms with Gasteiger partial charge in [0.15, 0.2) is 15.9 Å². The quantitative estimate of drug-likeness (QED) is 0.552. The molecule has 1 aliphatic carbocycles. The maximum absolute atomic E-state index is 13.5. The highest BCUT2D eigenvalue weighted by Gasteiger charge is 2.51. The van der Waals surface area contributed by atoms with Gasteiger partial charge in [-0.15, -0.1) is 0 Å². The number of hydrogen-bond donors (Lipinski definition) is 1. The fourth-order valence-corrected chi connectivity index (χ4v) is 5.97. The fraction of sp³-hybridized carbons (Fsp3) is 0.609. The molecule has 1 heterocycles. The van der Waals surface area contributed by atoms with Crippen molar-refractivity contribution in [2.75, 3.05) is 6.54 Å². The standard InChI is InChI=1S/C23H27ClF3N3O6S/c1-13(23(25,26)27)35-14-5-6-18(16(24)9-14)37(33,34)15-10-17(19(31)29-22(12-28)7-8-22)30(11-15)20(32)36-21(2,3)4/h5-6,9,13,15,17H,7-8,10-11H2,1-4H3,(H,29,31)/t13?,15-,17?/m1/s1. The number of carbonyl (C=O) groups excluding carboxylic acids is 2. The predicted octanol–water partition coefficient (Wildman–Crippen LogP) is 3.99. The van der Waals surface area contributed by atoms with Crippen LogP contribution < -0.4 is 10.1 Å². The molecule has 0 aromatic heterocycles. The van der Waals surface area contributed by atoms with Crippen LogP contribution in [0.3, 0.4) is 0 Å². The summed E-state index contributed by atoms with van der Waals surface area (Å²) in [7, 11) is -4.26. The lowest BCUT2D eigenvalue weighted by Gasteiger charge is -2.28. The number of hydrogen-bond acceptors (Lipinski definition) is 7. The van der Waals surface area contributed by atoms with E-state index in [1.165, 1.54) is 0 Å². The number of likely N-dealkylation sites (tertiary alicyclic amines) is 1. The average molecular weight is 566 g/mol. The van der Waals surface area contributed by atoms with Gasteiger partial charge in [0.05, 0.1) is 21.2 Å². The van der Waals surface area contributed by atoms with Crippen LogP contribution in [0.25, 0.3) is 0 Å². The molecule has 1 aliphatic heterocycles. The molecule has 3 atom stereocenters. The Labute approximate surface area is 217 Å². The van der Waals surface area contributed by atoms with Crippen molar-refractivity contribution in [1.29, 1.82) is 5.26 Å². The number of alkyl halides is 3. The predicted molar refractivity (Wildman–Crippen MR) is 126 cm³/mol. The molecule has 3 rings (SSSR count). The summed E-state index contributed by atoms with van der Waals surface area (Å²) in [6.07, 6.45) is -7.10. The van der Waals surface area contributed by atoms with Crippen molar-refractivity contribution in [3.8, 4) is 11.8 Å². The average Bonchev–Trinajstić information content (AvgIpc) is 3.36. The van der Waals surface area contributed by atoms with Crippen molar-refractivity contribution in [2.45, 2.75) is 86.6 Å². The van der Waals surface area contributed by atoms with Gasteiger partial charge < -0.3 is 14.8 Å². The molecule has 1 aromatic carbocycles. The summed E-state index contributed by atoms with van der Waals surface area (Å²) in [6.45, 7) is 5.24. The monoisotopic (exact) mass is 565 g/mol. The van der Waals surface area contributed by atoms with E-state index in [0.717, 1.165) is 30.0 Å². The minimum Gasteiger partial charge on any atom is -0.481 e. The molecule has 14 heteroatoms. The number of sulfone groups is 1. The Bertz CT molecular complexity index is 1220. The van der Waals surface area contributed by atoms with Gasteiger partial charge in [0.25, 0.3) is 0 Å². The molecular formula is C23H27ClF3N3O6S. The SMILES string of the molecule is CC(Oc1ccc(S(=O)(=O)[C@@H]2CC(C(=O)NC3(C#N)CC3)N(C(=O)OC(C)(C)C)C2)c(Cl)c1)C(F)(F)F. The molecule has 0 radical (unpaired) electrons. The van der Waals surface area contributed by atoms with Gasteiger partial charge in [0, 0.05) is 12.6 Å². The number of benzene rings is 1. The molecule has 204 valence electrons. The number of amides is 2. The second kappa shape index (κ2) is 9.87. The summed E-state index contributed by atoms with van der Waals surface area (Å²) in [4.78, 5) is 26.5. The molecule has 9 nitrogen and oxygen atoms in total. The maximum atomic E-state index is 13.5. The highest BCUT2D eigenvalue weighted by Crippen LogP contribution is 2.37. The number of carbonyl (C=O) groups is 2. The molecule has 1 N–H and O–H groups in total. The zero-order valence-electron chi connectivity index (χ0n) is 20.6. The molecule has 37 heavy (non-hydrogen) atoms. The number of halogens is 4. The van der Waals surface area contributed by atoms with E-state index in [0.29, 0.717) is 12.8 Å². The minimum absolute atomic E-state index is 0.279. The third-order valence-corrected chi connectivity index (χ3v) is 8.56. The topological polar surface area (TPSA) is 126 Å². The first-order valence-corrected chi connectivity index (χ1v) is 13.3. The first kappa shape index (κ1) is 28.8. The van der Waals surface area contributed by atoms with Crippen LogP contribution in [0.15, 0.2) is 23.1 Å². The third kappa shape index (κ3) is 6.59. The van der Waals surface area contributed by atoms with Gasteiger partial charge in [-0.05, 0) is 59.1 Å². The third-order valence-electron chi connectivity index (χ3n) is 5.94. The van der Waals surface area contributed by atoms with E-state index in [1.807, 2.05) is 6.07 Å². The lowest BCUT2D eigenvalue weighted by molar-refractivity contribution is -0.189. The van der Waals surface area contributed by atoms with E-state index < -0.39 is 63.1 Å². The number of nitrogens with zero attached hydrogens (tertiary/aromatic N) is 2. The van der Waals surface area contributed by atoms with Gasteiger partial charge in [0.1, 0.15) is 22.9 Å². The van der Waals surface area contributed by atoms with E-state index in [4.69, 9.17) is 21.1 Å². The summed E-state index contributed by atoms with van der Waals surface area (Å²) in [6, 6.07) is 3.82. The van der Waals surface area contributed by atoms with Crippen molar-refractivity contribution in [3.05, 3.63) is 23.2 Å². The Morgan fingerprint density at radius 1 is 1.27 bits per heavy atom. The Kier molecular flexibility index (Phi) is 7.69. The Morgan fingerprint density at radius 3 is 2.38 bits per heavy atom. The van der Waals surface area contributed by atoms with E-state index in [9.17, 15) is 36.4 Å². The second-order valence-corrected chi connectivity index (χ2v) is 12.7. The largest absolute Gasteiger partial charge is 0.481 e. The van der Waals surface area contributed by atoms with Crippen LogP contribution in [0.1, 0.15) is 47.0 Å². The zero-order valence-corrected chi connectivity index (χ0v) is 22.1. The van der Waals surface area contributed by atoms with Crippen molar-refractivity contribution in [3.63, 3.8) is 0 Å². The normalized spacial score (nSPS) is 22.1. The molecule has 2 unspecified atom stereocenters. The van der Waals surface area contributed by atoms with Crippen LogP contribution in [-0.4, -0.2) is 66.6 Å². The highest BCUT2D eigenvalue weighted by molar-refractivity contribution is 7.92. The van der Waals surface area contributed by atoms with Crippen LogP contribution in [0.4, 0.5) is 18.0 Å². The molecular weight excluding hydrogens is 539 g/mol. The van der Waals surface area contributed by atoms with Gasteiger partial charge in [-0.3, -0.25) is 9.69 Å². The Balaban J connectivity index is 1.87. The second-order valence-electron chi connectivity index (χ2n) is 10.1. The number of rotatable bonds is 6. The van der Waals surface area contributed by atoms with Crippen LogP contribution in [0, 0.1) is 11.3 Å². The first-order valence-electron chi connectivity index (χ1n) is 11.4. The van der Waals surface area contributed by atoms with Crippen molar-refractivity contribution in [2.24, 2.45) is 0 Å². The Hall–Kier alpha value is -2.72. The molecule has 1 saturated carbocycles. The maximum Gasteiger partial charge on any atom is 0.425 e. The minimum atomic E-state index is -4.63. The molecule has 2 amide bonds. The fourth-order valence-electron chi connectivity index (χ4n) is 3.74. The van der Waals surface area contributed by atoms with Gasteiger partial charge in [0.2, 0.25) is 5.91 Å². The summed E-state index contributed by atoms with van der Waals surface area (Å²) >= 11 is 6.13. The van der Waals surface area contributed by atoms with E-state index in [1.54, 1.807) is 20.8 Å². The van der Waals surface area contributed by atoms with Gasteiger partial charge in [-0.2, -0.15) is 18.4 Å². The van der Waals surface area contributed by atoms with Gasteiger partial charge in [-0.25, -0.2) is 13.2 Å². The summed E-state index contributed by atoms with van der Waals surface area (Å²) in [5, 5.41) is 10.3. The van der Waals surface area contributed by atoms with Crippen molar-refractivity contribution >= 4 is 33.4 Å². The molecule has 1 saturated heterocycles. The number of nitriles is 1. The van der Waals surface area contributed by atoms with Gasteiger partial charge in [-0.1, -0.05) is 11.6 Å². The van der Waals surface area contributed by atoms with Crippen LogP contribution in [0.2, 0.25) is 5.02 Å². The first-order chi connectivity index (χ1) is 16.9. The smallest absolute Gasteiger partial charge is 0.425 e. The lowest BCUT2D eigenvalue weighted by Crippen LogP contribution is -2.50. The van der Waals surface area contributed by atoms with Crippen molar-refractivity contribution in [1.82, 2.24) is 10.2 Å². The lowest BCUT2D eigenvalue weighted by atomic mass is 10.2. The van der Waals surface area contributed by atoms with Gasteiger partial charge >= 0.3 is 12.3 Å². The zero-order chi connectivity index (χ0) is 28.0. The summed E-state index contributed by atoms with van der Waals surface area (Å²) in [5.74, 6) is -0.961. The van der Waals surface area contributed by atoms with E-state index in [-0.39, 0.29) is 22.1 Å². The number of ether oxygens (including phenoxy) is 2. The summed E-state index contributed by atoms with van der Waals surface area (Å²) < 4.78 is 75.5. The van der Waals surface area contributed by atoms with E-state index in [2.05, 4.69) is 5.32 Å². The molecule has 1 aromatic rings. The number of nitrogens with one attached hydrogen (secondary N) is 1. The summed E-state index contributed by atoms with van der Waals surface area (Å²) in [5.41, 5.74) is -1.97. The molecule has 0 bridgehead atoms. The van der Waals surface area contributed by atoms with Crippen molar-refractivity contribution < 1.29 is 40.7 Å². The van der Waals surface area contributed by atoms with Crippen LogP contribution >= 0.6 is 11.6 Å². The molecule has 2 fully saturated rings. The molecule has 0 spiro atoms. The van der Waals surface area contributed by atoms with Crippen LogP contribution in [0.5, 0.6) is 5.75 Å². The van der Waals surface area contributed by atoms with E-state index >= 15 is 0 Å². The van der Waals surface area contributed by atoms with Crippen LogP contribution in [-0.2, 0) is 19.4 Å². The molecule has 2 aliphatic rings.